The molecule has 1 aromatic rings. The summed E-state index contributed by atoms with van der Waals surface area (Å²) in [6.45, 7) is 3.01. The summed E-state index contributed by atoms with van der Waals surface area (Å²) in [5, 5.41) is 11.0. The minimum atomic E-state index is -1.10. The number of carboxylic acids is 1. The summed E-state index contributed by atoms with van der Waals surface area (Å²) in [5.74, 6) is -0.847. The highest BCUT2D eigenvalue weighted by molar-refractivity contribution is 5.79. The molecule has 0 atom stereocenters. The largest absolute Gasteiger partial charge is 0.538 e. The Labute approximate surface area is 128 Å². The molecule has 0 bridgehead atoms. The maximum absolute atomic E-state index is 11.0. The van der Waals surface area contributed by atoms with Gasteiger partial charge in [0.2, 0.25) is 0 Å². The monoisotopic (exact) mass is 294 g/mol. The molecular weight excluding hydrogens is 264 g/mol. The summed E-state index contributed by atoms with van der Waals surface area (Å²) in [6.07, 6.45) is 16.5. The molecule has 4 nitrogen and oxygen atoms in total. The molecule has 0 amide bonds. The van der Waals surface area contributed by atoms with Gasteiger partial charge in [0.05, 0.1) is 13.6 Å². The molecule has 1 heterocycles. The summed E-state index contributed by atoms with van der Waals surface area (Å²) in [4.78, 5) is 11.0. The van der Waals surface area contributed by atoms with Gasteiger partial charge in [0.25, 0.3) is 0 Å². The number of aryl methyl sites for hydroxylation is 2. The number of imidazole rings is 1. The molecule has 120 valence electrons. The van der Waals surface area contributed by atoms with Crippen LogP contribution in [0, 0.1) is 0 Å². The molecule has 21 heavy (non-hydrogen) atoms. The molecule has 0 unspecified atom stereocenters. The minimum Gasteiger partial charge on any atom is -0.538 e. The van der Waals surface area contributed by atoms with Crippen molar-refractivity contribution in [1.29, 1.82) is 0 Å². The van der Waals surface area contributed by atoms with E-state index in [0.717, 1.165) is 13.0 Å². The highest BCUT2D eigenvalue weighted by Gasteiger charge is 2.14. The van der Waals surface area contributed by atoms with Crippen LogP contribution in [0.4, 0.5) is 0 Å². The molecule has 1 rings (SSSR count). The molecule has 0 spiro atoms. The number of aromatic carboxylic acids is 1. The fourth-order valence-corrected chi connectivity index (χ4v) is 2.74. The van der Waals surface area contributed by atoms with E-state index < -0.39 is 5.97 Å². The SMILES string of the molecule is CCCCCCCCCCCCn1cc[n+](C)c1C(=O)[O-]. The number of nitrogens with zero attached hydrogens (tertiary/aromatic N) is 2. The van der Waals surface area contributed by atoms with Crippen LogP contribution >= 0.6 is 0 Å². The van der Waals surface area contributed by atoms with Crippen LogP contribution in [0.2, 0.25) is 0 Å². The molecule has 0 aliphatic carbocycles. The van der Waals surface area contributed by atoms with Gasteiger partial charge in [-0.2, -0.15) is 0 Å². The Hall–Kier alpha value is -1.32. The quantitative estimate of drug-likeness (QED) is 0.439. The summed E-state index contributed by atoms with van der Waals surface area (Å²) >= 11 is 0. The molecule has 0 N–H and O–H groups in total. The third-order valence-electron chi connectivity index (χ3n) is 4.01. The van der Waals surface area contributed by atoms with Crippen LogP contribution in [-0.4, -0.2) is 10.5 Å². The lowest BCUT2D eigenvalue weighted by atomic mass is 10.1. The van der Waals surface area contributed by atoms with E-state index in [1.54, 1.807) is 22.4 Å². The van der Waals surface area contributed by atoms with Gasteiger partial charge >= 0.3 is 5.82 Å². The normalized spacial score (nSPS) is 11.0. The van der Waals surface area contributed by atoms with Gasteiger partial charge in [0.1, 0.15) is 12.4 Å². The van der Waals surface area contributed by atoms with Crippen LogP contribution < -0.4 is 9.67 Å². The lowest BCUT2D eigenvalue weighted by Crippen LogP contribution is -2.41. The van der Waals surface area contributed by atoms with Crippen molar-refractivity contribution in [2.45, 2.75) is 77.7 Å². The number of carbonyl (C=O) groups is 1. The number of carboxylic acid groups (broad SMARTS) is 1. The Kier molecular flexibility index (Phi) is 8.79. The average Bonchev–Trinajstić information content (AvgIpc) is 2.82. The molecule has 0 fully saturated rings. The Morgan fingerprint density at radius 1 is 1.05 bits per heavy atom. The maximum atomic E-state index is 11.0. The predicted molar refractivity (Wildman–Crippen MR) is 81.8 cm³/mol. The molecule has 1 aromatic heterocycles. The van der Waals surface area contributed by atoms with E-state index >= 15 is 0 Å². The third-order valence-corrected chi connectivity index (χ3v) is 4.01. The molecule has 0 aliphatic rings. The molecule has 0 saturated heterocycles. The average molecular weight is 294 g/mol. The first kappa shape index (κ1) is 17.7. The van der Waals surface area contributed by atoms with Gasteiger partial charge < -0.3 is 9.90 Å². The number of unbranched alkanes of at least 4 members (excludes halogenated alkanes) is 9. The Morgan fingerprint density at radius 3 is 2.10 bits per heavy atom. The number of hydrogen-bond donors (Lipinski definition) is 0. The highest BCUT2D eigenvalue weighted by atomic mass is 16.4. The fraction of sp³-hybridized carbons (Fsp3) is 0.765. The zero-order valence-electron chi connectivity index (χ0n) is 13.6. The second-order valence-electron chi connectivity index (χ2n) is 5.90. The number of carbonyl (C=O) groups excluding carboxylic acids is 1. The van der Waals surface area contributed by atoms with Gasteiger partial charge in [-0.3, -0.25) is 0 Å². The summed E-state index contributed by atoms with van der Waals surface area (Å²) in [5.41, 5.74) is 0. The first-order valence-corrected chi connectivity index (χ1v) is 8.43. The predicted octanol–water partition coefficient (Wildman–Crippen LogP) is 2.60. The molecule has 0 saturated carbocycles. The zero-order valence-corrected chi connectivity index (χ0v) is 13.6. The van der Waals surface area contributed by atoms with E-state index in [1.807, 2.05) is 6.20 Å². The lowest BCUT2D eigenvalue weighted by Gasteiger charge is -2.04. The third kappa shape index (κ3) is 6.78. The van der Waals surface area contributed by atoms with Crippen molar-refractivity contribution in [2.75, 3.05) is 0 Å². The summed E-state index contributed by atoms with van der Waals surface area (Å²) < 4.78 is 3.38. The van der Waals surface area contributed by atoms with Gasteiger partial charge in [-0.25, -0.2) is 9.13 Å². The van der Waals surface area contributed by atoms with Crippen LogP contribution in [0.1, 0.15) is 81.8 Å². The van der Waals surface area contributed by atoms with Crippen molar-refractivity contribution >= 4 is 5.97 Å². The standard InChI is InChI=1S/C17H30N2O2/c1-3-4-5-6-7-8-9-10-11-12-13-19-15-14-18(2)16(19)17(20)21/h14-15H,3-13H2,1-2H3. The van der Waals surface area contributed by atoms with E-state index in [4.69, 9.17) is 0 Å². The molecule has 0 aliphatic heterocycles. The summed E-state index contributed by atoms with van der Waals surface area (Å²) in [7, 11) is 1.74. The zero-order chi connectivity index (χ0) is 15.5. The summed E-state index contributed by atoms with van der Waals surface area (Å²) in [6, 6.07) is 0. The van der Waals surface area contributed by atoms with Crippen molar-refractivity contribution in [1.82, 2.24) is 4.57 Å². The van der Waals surface area contributed by atoms with Gasteiger partial charge in [0.15, 0.2) is 5.97 Å². The topological polar surface area (TPSA) is 48.9 Å². The van der Waals surface area contributed by atoms with E-state index in [1.165, 1.54) is 57.8 Å². The maximum Gasteiger partial charge on any atom is 0.304 e. The van der Waals surface area contributed by atoms with Crippen molar-refractivity contribution in [2.24, 2.45) is 7.05 Å². The first-order valence-electron chi connectivity index (χ1n) is 8.43. The van der Waals surface area contributed by atoms with E-state index in [9.17, 15) is 9.90 Å². The number of aromatic nitrogens is 2. The fourth-order valence-electron chi connectivity index (χ4n) is 2.74. The van der Waals surface area contributed by atoms with E-state index in [-0.39, 0.29) is 5.82 Å². The van der Waals surface area contributed by atoms with Crippen molar-refractivity contribution in [3.05, 3.63) is 18.2 Å². The smallest absolute Gasteiger partial charge is 0.304 e. The Morgan fingerprint density at radius 2 is 1.57 bits per heavy atom. The Bertz CT molecular complexity index is 413. The number of rotatable bonds is 12. The van der Waals surface area contributed by atoms with Crippen molar-refractivity contribution in [3.63, 3.8) is 0 Å². The second-order valence-corrected chi connectivity index (χ2v) is 5.90. The van der Waals surface area contributed by atoms with E-state index in [0.29, 0.717) is 0 Å². The molecule has 0 aromatic carbocycles. The van der Waals surface area contributed by atoms with Gasteiger partial charge in [-0.1, -0.05) is 58.3 Å². The van der Waals surface area contributed by atoms with Gasteiger partial charge in [-0.05, 0) is 12.8 Å². The van der Waals surface area contributed by atoms with Crippen LogP contribution in [0.3, 0.4) is 0 Å². The van der Waals surface area contributed by atoms with Crippen molar-refractivity contribution in [3.8, 4) is 0 Å². The van der Waals surface area contributed by atoms with Crippen LogP contribution in [-0.2, 0) is 13.6 Å². The molecule has 0 radical (unpaired) electrons. The first-order chi connectivity index (χ1) is 10.2. The molecular formula is C17H30N2O2. The number of hydrogen-bond acceptors (Lipinski definition) is 2. The second kappa shape index (κ2) is 10.4. The van der Waals surface area contributed by atoms with Crippen LogP contribution in [0.25, 0.3) is 0 Å². The lowest BCUT2D eigenvalue weighted by molar-refractivity contribution is -0.675. The van der Waals surface area contributed by atoms with Gasteiger partial charge in [0, 0.05) is 0 Å². The highest BCUT2D eigenvalue weighted by Crippen LogP contribution is 2.11. The van der Waals surface area contributed by atoms with Crippen molar-refractivity contribution < 1.29 is 14.5 Å². The van der Waals surface area contributed by atoms with Gasteiger partial charge in [-0.15, -0.1) is 0 Å². The van der Waals surface area contributed by atoms with E-state index in [2.05, 4.69) is 6.92 Å². The molecule has 4 heteroatoms. The Balaban J connectivity index is 2.06. The van der Waals surface area contributed by atoms with Crippen LogP contribution in [0.15, 0.2) is 12.4 Å². The van der Waals surface area contributed by atoms with Crippen LogP contribution in [0.5, 0.6) is 0 Å². The minimum absolute atomic E-state index is 0.255.